The van der Waals surface area contributed by atoms with Crippen molar-refractivity contribution in [3.8, 4) is 0 Å². The number of benzene rings is 1. The molecule has 4 nitrogen and oxygen atoms in total. The zero-order valence-electron chi connectivity index (χ0n) is 17.7. The highest BCUT2D eigenvalue weighted by Crippen LogP contribution is 2.28. The minimum absolute atomic E-state index is 0.0656. The van der Waals surface area contributed by atoms with Gasteiger partial charge in [-0.2, -0.15) is 0 Å². The molecular formula is C23H31ClN4S. The Morgan fingerprint density at radius 1 is 1.14 bits per heavy atom. The fraction of sp³-hybridized carbons (Fsp3) is 0.478. The zero-order valence-corrected chi connectivity index (χ0v) is 19.3. The monoisotopic (exact) mass is 430 g/mol. The predicted octanol–water partition coefficient (Wildman–Crippen LogP) is 4.92. The van der Waals surface area contributed by atoms with Gasteiger partial charge in [-0.1, -0.05) is 29.8 Å². The quantitative estimate of drug-likeness (QED) is 0.658. The molecule has 1 aliphatic heterocycles. The number of piperidine rings is 1. The van der Waals surface area contributed by atoms with Crippen LogP contribution in [0.15, 0.2) is 48.8 Å². The van der Waals surface area contributed by atoms with Gasteiger partial charge in [0.1, 0.15) is 0 Å². The summed E-state index contributed by atoms with van der Waals surface area (Å²) < 4.78 is 0. The van der Waals surface area contributed by atoms with Gasteiger partial charge in [0.05, 0.1) is 0 Å². The normalized spacial score (nSPS) is 18.2. The van der Waals surface area contributed by atoms with Crippen LogP contribution in [0.1, 0.15) is 51.7 Å². The van der Waals surface area contributed by atoms with Crippen LogP contribution >= 0.6 is 23.8 Å². The number of hydrogen-bond acceptors (Lipinski definition) is 3. The zero-order chi connectivity index (χ0) is 21.1. The molecule has 0 amide bonds. The average Bonchev–Trinajstić information content (AvgIpc) is 2.59. The third-order valence-electron chi connectivity index (χ3n) is 5.16. The predicted molar refractivity (Wildman–Crippen MR) is 125 cm³/mol. The van der Waals surface area contributed by atoms with Gasteiger partial charge in [-0.05, 0) is 82.1 Å². The van der Waals surface area contributed by atoms with Crippen LogP contribution in [0.4, 0.5) is 0 Å². The third kappa shape index (κ3) is 6.66. The summed E-state index contributed by atoms with van der Waals surface area (Å²) in [6, 6.07) is 12.3. The Hall–Kier alpha value is -1.69. The number of nitrogens with zero attached hydrogens (tertiary/aromatic N) is 2. The van der Waals surface area contributed by atoms with Gasteiger partial charge in [-0.25, -0.2) is 0 Å². The molecule has 1 fully saturated rings. The fourth-order valence-electron chi connectivity index (χ4n) is 4.46. The highest BCUT2D eigenvalue weighted by Gasteiger charge is 2.38. The maximum absolute atomic E-state index is 6.20. The Kier molecular flexibility index (Phi) is 6.82. The second kappa shape index (κ2) is 8.99. The molecule has 1 aromatic heterocycles. The summed E-state index contributed by atoms with van der Waals surface area (Å²) in [6.07, 6.45) is 5.73. The van der Waals surface area contributed by atoms with Crippen LogP contribution in [0.5, 0.6) is 0 Å². The van der Waals surface area contributed by atoms with E-state index in [0.29, 0.717) is 19.1 Å². The van der Waals surface area contributed by atoms with Crippen LogP contribution in [0.25, 0.3) is 0 Å². The topological polar surface area (TPSA) is 40.2 Å². The Labute approximate surface area is 185 Å². The first-order valence-electron chi connectivity index (χ1n) is 10.1. The van der Waals surface area contributed by atoms with Crippen LogP contribution in [0, 0.1) is 0 Å². The molecule has 29 heavy (non-hydrogen) atoms. The number of hydrogen-bond donors (Lipinski definition) is 2. The van der Waals surface area contributed by atoms with Gasteiger partial charge in [0.25, 0.3) is 0 Å². The summed E-state index contributed by atoms with van der Waals surface area (Å²) in [5.41, 5.74) is 2.40. The number of pyridine rings is 1. The summed E-state index contributed by atoms with van der Waals surface area (Å²) in [5, 5.41) is 8.89. The largest absolute Gasteiger partial charge is 0.360 e. The standard InChI is InChI=1S/C23H31ClN4S/c1-22(2)12-20(13-23(3,4)27-22)26-21(29)28(16-18-8-6-10-25-14-18)15-17-7-5-9-19(24)11-17/h5-11,14,20,27H,12-13,15-16H2,1-4H3,(H,26,29). The SMILES string of the molecule is CC1(C)CC(NC(=S)N(Cc2cccnc2)Cc2cccc(Cl)c2)CC(C)(C)N1. The number of halogens is 1. The van der Waals surface area contributed by atoms with Crippen molar-refractivity contribution in [2.45, 2.75) is 70.7 Å². The molecule has 1 saturated heterocycles. The summed E-state index contributed by atoms with van der Waals surface area (Å²) >= 11 is 12.1. The molecule has 1 aromatic carbocycles. The molecule has 2 N–H and O–H groups in total. The van der Waals surface area contributed by atoms with E-state index < -0.39 is 0 Å². The molecule has 0 saturated carbocycles. The third-order valence-corrected chi connectivity index (χ3v) is 5.77. The van der Waals surface area contributed by atoms with Crippen LogP contribution in [0.3, 0.4) is 0 Å². The molecule has 0 radical (unpaired) electrons. The first-order chi connectivity index (χ1) is 13.6. The maximum atomic E-state index is 6.20. The molecule has 0 bridgehead atoms. The van der Waals surface area contributed by atoms with E-state index in [9.17, 15) is 0 Å². The number of thiocarbonyl (C=S) groups is 1. The Balaban J connectivity index is 1.76. The van der Waals surface area contributed by atoms with E-state index in [-0.39, 0.29) is 11.1 Å². The van der Waals surface area contributed by atoms with Gasteiger partial charge < -0.3 is 15.5 Å². The molecule has 0 spiro atoms. The number of aromatic nitrogens is 1. The van der Waals surface area contributed by atoms with Crippen LogP contribution in [-0.4, -0.2) is 32.1 Å². The minimum Gasteiger partial charge on any atom is -0.360 e. The van der Waals surface area contributed by atoms with Crippen molar-refractivity contribution in [2.75, 3.05) is 0 Å². The number of rotatable bonds is 5. The minimum atomic E-state index is 0.0656. The first kappa shape index (κ1) is 22.0. The second-order valence-corrected chi connectivity index (χ2v) is 10.1. The molecular weight excluding hydrogens is 400 g/mol. The smallest absolute Gasteiger partial charge is 0.169 e. The summed E-state index contributed by atoms with van der Waals surface area (Å²) in [5.74, 6) is 0. The number of nitrogens with one attached hydrogen (secondary N) is 2. The Morgan fingerprint density at radius 3 is 2.41 bits per heavy atom. The van der Waals surface area contributed by atoms with Gasteiger partial charge >= 0.3 is 0 Å². The van der Waals surface area contributed by atoms with Crippen molar-refractivity contribution >= 4 is 28.9 Å². The van der Waals surface area contributed by atoms with E-state index in [1.165, 1.54) is 0 Å². The van der Waals surface area contributed by atoms with E-state index in [4.69, 9.17) is 23.8 Å². The van der Waals surface area contributed by atoms with Gasteiger partial charge in [0.15, 0.2) is 5.11 Å². The lowest BCUT2D eigenvalue weighted by molar-refractivity contribution is 0.153. The van der Waals surface area contributed by atoms with Crippen molar-refractivity contribution in [1.29, 1.82) is 0 Å². The summed E-state index contributed by atoms with van der Waals surface area (Å²) in [4.78, 5) is 6.45. The molecule has 0 unspecified atom stereocenters. The van der Waals surface area contributed by atoms with E-state index in [2.05, 4.69) is 60.3 Å². The van der Waals surface area contributed by atoms with Gasteiger partial charge in [0.2, 0.25) is 0 Å². The highest BCUT2D eigenvalue weighted by molar-refractivity contribution is 7.80. The molecule has 6 heteroatoms. The van der Waals surface area contributed by atoms with Crippen molar-refractivity contribution in [1.82, 2.24) is 20.5 Å². The molecule has 2 aromatic rings. The van der Waals surface area contributed by atoms with Crippen LogP contribution < -0.4 is 10.6 Å². The molecule has 156 valence electrons. The van der Waals surface area contributed by atoms with Gasteiger partial charge in [0, 0.05) is 47.6 Å². The van der Waals surface area contributed by atoms with Gasteiger partial charge in [-0.3, -0.25) is 4.98 Å². The van der Waals surface area contributed by atoms with E-state index in [1.54, 1.807) is 6.20 Å². The summed E-state index contributed by atoms with van der Waals surface area (Å²) in [6.45, 7) is 10.4. The average molecular weight is 431 g/mol. The first-order valence-corrected chi connectivity index (χ1v) is 10.9. The molecule has 1 aliphatic rings. The fourth-order valence-corrected chi connectivity index (χ4v) is 4.97. The molecule has 3 rings (SSSR count). The molecule has 2 heterocycles. The lowest BCUT2D eigenvalue weighted by Crippen LogP contribution is -2.62. The lowest BCUT2D eigenvalue weighted by atomic mass is 9.80. The van der Waals surface area contributed by atoms with Crippen molar-refractivity contribution in [2.24, 2.45) is 0 Å². The van der Waals surface area contributed by atoms with E-state index >= 15 is 0 Å². The summed E-state index contributed by atoms with van der Waals surface area (Å²) in [7, 11) is 0. The maximum Gasteiger partial charge on any atom is 0.169 e. The highest BCUT2D eigenvalue weighted by atomic mass is 35.5. The Bertz CT molecular complexity index is 822. The van der Waals surface area contributed by atoms with Crippen molar-refractivity contribution < 1.29 is 0 Å². The molecule has 0 aliphatic carbocycles. The lowest BCUT2D eigenvalue weighted by Gasteiger charge is -2.47. The molecule has 0 atom stereocenters. The van der Waals surface area contributed by atoms with Crippen LogP contribution in [0.2, 0.25) is 5.02 Å². The van der Waals surface area contributed by atoms with E-state index in [0.717, 1.165) is 34.1 Å². The Morgan fingerprint density at radius 2 is 1.79 bits per heavy atom. The van der Waals surface area contributed by atoms with Crippen molar-refractivity contribution in [3.63, 3.8) is 0 Å². The second-order valence-electron chi connectivity index (χ2n) is 9.29. The van der Waals surface area contributed by atoms with Gasteiger partial charge in [-0.15, -0.1) is 0 Å². The van der Waals surface area contributed by atoms with E-state index in [1.807, 2.05) is 30.5 Å². The van der Waals surface area contributed by atoms with Crippen molar-refractivity contribution in [3.05, 3.63) is 64.9 Å². The van der Waals surface area contributed by atoms with Crippen LogP contribution in [-0.2, 0) is 13.1 Å².